The minimum Gasteiger partial charge on any atom is -0.493 e. The second-order valence-corrected chi connectivity index (χ2v) is 4.50. The molecule has 6 heteroatoms. The Bertz CT molecular complexity index is 569. The maximum atomic E-state index is 5.69. The van der Waals surface area contributed by atoms with Crippen LogP contribution in [0.2, 0.25) is 0 Å². The molecule has 0 radical (unpaired) electrons. The van der Waals surface area contributed by atoms with Crippen LogP contribution in [0.3, 0.4) is 0 Å². The molecule has 2 aromatic rings. The van der Waals surface area contributed by atoms with Gasteiger partial charge in [0.05, 0.1) is 7.11 Å². The Hall–Kier alpha value is -2.08. The van der Waals surface area contributed by atoms with Crippen molar-refractivity contribution in [3.63, 3.8) is 0 Å². The highest BCUT2D eigenvalue weighted by Crippen LogP contribution is 2.28. The highest BCUT2D eigenvalue weighted by molar-refractivity contribution is 5.42. The zero-order chi connectivity index (χ0) is 15.1. The van der Waals surface area contributed by atoms with E-state index in [2.05, 4.69) is 22.4 Å². The van der Waals surface area contributed by atoms with Crippen LogP contribution in [0.5, 0.6) is 11.5 Å². The van der Waals surface area contributed by atoms with E-state index in [1.165, 1.54) is 0 Å². The van der Waals surface area contributed by atoms with Gasteiger partial charge in [-0.2, -0.15) is 0 Å². The molecule has 0 bridgehead atoms. The third-order valence-corrected chi connectivity index (χ3v) is 2.97. The Kier molecular flexibility index (Phi) is 5.57. The summed E-state index contributed by atoms with van der Waals surface area (Å²) in [6, 6.07) is 5.86. The summed E-state index contributed by atoms with van der Waals surface area (Å²) in [5.41, 5.74) is 1.15. The maximum Gasteiger partial charge on any atom is 0.253 e. The van der Waals surface area contributed by atoms with Crippen LogP contribution in [-0.4, -0.2) is 23.9 Å². The number of nitrogens with one attached hydrogen (secondary N) is 1. The molecular weight excluding hydrogens is 270 g/mol. The number of aromatic nitrogens is 2. The first kappa shape index (κ1) is 15.3. The zero-order valence-electron chi connectivity index (χ0n) is 12.7. The van der Waals surface area contributed by atoms with Gasteiger partial charge < -0.3 is 19.2 Å². The third-order valence-electron chi connectivity index (χ3n) is 2.97. The molecule has 6 nitrogen and oxygen atoms in total. The van der Waals surface area contributed by atoms with Crippen LogP contribution in [0.1, 0.15) is 31.2 Å². The van der Waals surface area contributed by atoms with Crippen LogP contribution in [0.4, 0.5) is 0 Å². The minimum absolute atomic E-state index is 0.232. The quantitative estimate of drug-likeness (QED) is 0.805. The standard InChI is InChI=1S/C15H21N3O3/c1-4-14-17-18-15(21-14)10-20-12-7-6-11(9-16-5-2)8-13(12)19-3/h6-8,16H,4-5,9-10H2,1-3H3. The van der Waals surface area contributed by atoms with Crippen molar-refractivity contribution in [2.24, 2.45) is 0 Å². The first-order valence-electron chi connectivity index (χ1n) is 7.08. The van der Waals surface area contributed by atoms with Gasteiger partial charge in [-0.15, -0.1) is 10.2 Å². The number of hydrogen-bond acceptors (Lipinski definition) is 6. The molecule has 1 heterocycles. The fraction of sp³-hybridized carbons (Fsp3) is 0.467. The predicted molar refractivity (Wildman–Crippen MR) is 78.4 cm³/mol. The molecule has 0 fully saturated rings. The molecule has 21 heavy (non-hydrogen) atoms. The molecule has 0 aliphatic heterocycles. The fourth-order valence-electron chi connectivity index (χ4n) is 1.84. The summed E-state index contributed by atoms with van der Waals surface area (Å²) in [5.74, 6) is 2.43. The summed E-state index contributed by atoms with van der Waals surface area (Å²) < 4.78 is 16.5. The molecule has 0 aliphatic rings. The minimum atomic E-state index is 0.232. The molecule has 0 atom stereocenters. The number of rotatable bonds is 8. The molecule has 1 aromatic carbocycles. The van der Waals surface area contributed by atoms with E-state index in [0.717, 1.165) is 25.1 Å². The molecule has 0 spiro atoms. The summed E-state index contributed by atoms with van der Waals surface area (Å²) in [5, 5.41) is 11.1. The summed E-state index contributed by atoms with van der Waals surface area (Å²) in [6.45, 7) is 6.00. The largest absolute Gasteiger partial charge is 0.493 e. The van der Waals surface area contributed by atoms with Gasteiger partial charge in [-0.3, -0.25) is 0 Å². The van der Waals surface area contributed by atoms with E-state index in [4.69, 9.17) is 13.9 Å². The van der Waals surface area contributed by atoms with Gasteiger partial charge in [0.2, 0.25) is 5.89 Å². The summed E-state index contributed by atoms with van der Waals surface area (Å²) >= 11 is 0. The van der Waals surface area contributed by atoms with E-state index in [9.17, 15) is 0 Å². The lowest BCUT2D eigenvalue weighted by molar-refractivity contribution is 0.247. The van der Waals surface area contributed by atoms with Crippen molar-refractivity contribution in [3.05, 3.63) is 35.5 Å². The van der Waals surface area contributed by atoms with Crippen LogP contribution >= 0.6 is 0 Å². The van der Waals surface area contributed by atoms with Crippen LogP contribution < -0.4 is 14.8 Å². The Morgan fingerprint density at radius 1 is 1.14 bits per heavy atom. The summed E-state index contributed by atoms with van der Waals surface area (Å²) in [7, 11) is 1.63. The first-order chi connectivity index (χ1) is 10.3. The lowest BCUT2D eigenvalue weighted by atomic mass is 10.2. The van der Waals surface area contributed by atoms with Crippen molar-refractivity contribution in [1.29, 1.82) is 0 Å². The van der Waals surface area contributed by atoms with E-state index in [0.29, 0.717) is 23.3 Å². The molecule has 1 aromatic heterocycles. The lowest BCUT2D eigenvalue weighted by Crippen LogP contribution is -2.11. The van der Waals surface area contributed by atoms with E-state index in [1.807, 2.05) is 25.1 Å². The monoisotopic (exact) mass is 291 g/mol. The molecular formula is C15H21N3O3. The van der Waals surface area contributed by atoms with Crippen molar-refractivity contribution >= 4 is 0 Å². The fourth-order valence-corrected chi connectivity index (χ4v) is 1.84. The SMILES string of the molecule is CCNCc1ccc(OCc2nnc(CC)o2)c(OC)c1. The predicted octanol–water partition coefficient (Wildman–Crippen LogP) is 2.33. The molecule has 114 valence electrons. The number of benzene rings is 1. The van der Waals surface area contributed by atoms with Gasteiger partial charge in [0, 0.05) is 13.0 Å². The van der Waals surface area contributed by atoms with Crippen molar-refractivity contribution < 1.29 is 13.9 Å². The van der Waals surface area contributed by atoms with E-state index in [-0.39, 0.29) is 6.61 Å². The smallest absolute Gasteiger partial charge is 0.253 e. The van der Waals surface area contributed by atoms with Crippen LogP contribution in [0.25, 0.3) is 0 Å². The Morgan fingerprint density at radius 2 is 1.95 bits per heavy atom. The van der Waals surface area contributed by atoms with Crippen molar-refractivity contribution in [2.75, 3.05) is 13.7 Å². The average molecular weight is 291 g/mol. The lowest BCUT2D eigenvalue weighted by Gasteiger charge is -2.11. The highest BCUT2D eigenvalue weighted by Gasteiger charge is 2.09. The average Bonchev–Trinajstić information content (AvgIpc) is 2.99. The number of hydrogen-bond donors (Lipinski definition) is 1. The number of ether oxygens (including phenoxy) is 2. The van der Waals surface area contributed by atoms with Gasteiger partial charge in [0.15, 0.2) is 18.1 Å². The molecule has 0 amide bonds. The summed E-state index contributed by atoms with van der Waals surface area (Å²) in [4.78, 5) is 0. The van der Waals surface area contributed by atoms with Crippen LogP contribution in [0, 0.1) is 0 Å². The van der Waals surface area contributed by atoms with Crippen molar-refractivity contribution in [1.82, 2.24) is 15.5 Å². The van der Waals surface area contributed by atoms with E-state index < -0.39 is 0 Å². The number of nitrogens with zero attached hydrogens (tertiary/aromatic N) is 2. The highest BCUT2D eigenvalue weighted by atomic mass is 16.5. The Morgan fingerprint density at radius 3 is 2.62 bits per heavy atom. The van der Waals surface area contributed by atoms with Crippen molar-refractivity contribution in [3.8, 4) is 11.5 Å². The first-order valence-corrected chi connectivity index (χ1v) is 7.08. The Labute approximate surface area is 124 Å². The second-order valence-electron chi connectivity index (χ2n) is 4.50. The Balaban J connectivity index is 2.01. The molecule has 2 rings (SSSR count). The van der Waals surface area contributed by atoms with Gasteiger partial charge in [0.25, 0.3) is 5.89 Å². The second kappa shape index (κ2) is 7.64. The van der Waals surface area contributed by atoms with E-state index in [1.54, 1.807) is 7.11 Å². The zero-order valence-corrected chi connectivity index (χ0v) is 12.7. The van der Waals surface area contributed by atoms with E-state index >= 15 is 0 Å². The normalized spacial score (nSPS) is 10.6. The van der Waals surface area contributed by atoms with Gasteiger partial charge in [-0.1, -0.05) is 19.9 Å². The maximum absolute atomic E-state index is 5.69. The van der Waals surface area contributed by atoms with Crippen molar-refractivity contribution in [2.45, 2.75) is 33.4 Å². The molecule has 0 saturated heterocycles. The molecule has 0 unspecified atom stereocenters. The van der Waals surface area contributed by atoms with Crippen LogP contribution in [0.15, 0.2) is 22.6 Å². The molecule has 0 saturated carbocycles. The number of aryl methyl sites for hydroxylation is 1. The summed E-state index contributed by atoms with van der Waals surface area (Å²) in [6.07, 6.45) is 0.718. The third kappa shape index (κ3) is 4.19. The van der Waals surface area contributed by atoms with Gasteiger partial charge in [-0.05, 0) is 24.2 Å². The molecule has 1 N–H and O–H groups in total. The molecule has 0 aliphatic carbocycles. The van der Waals surface area contributed by atoms with Gasteiger partial charge >= 0.3 is 0 Å². The number of methoxy groups -OCH3 is 1. The van der Waals surface area contributed by atoms with Gasteiger partial charge in [-0.25, -0.2) is 0 Å². The van der Waals surface area contributed by atoms with Gasteiger partial charge in [0.1, 0.15) is 0 Å². The topological polar surface area (TPSA) is 69.4 Å². The van der Waals surface area contributed by atoms with Crippen LogP contribution in [-0.2, 0) is 19.6 Å².